The molecule has 0 heterocycles. The lowest BCUT2D eigenvalue weighted by atomic mass is 10.1. The van der Waals surface area contributed by atoms with Crippen molar-refractivity contribution in [2.75, 3.05) is 13.7 Å². The van der Waals surface area contributed by atoms with Gasteiger partial charge in [0.25, 0.3) is 0 Å². The second-order valence-electron chi connectivity index (χ2n) is 3.37. The van der Waals surface area contributed by atoms with Gasteiger partial charge in [0.05, 0.1) is 25.2 Å². The van der Waals surface area contributed by atoms with Crippen molar-refractivity contribution in [2.45, 2.75) is 19.8 Å². The summed E-state index contributed by atoms with van der Waals surface area (Å²) < 4.78 is 10.00. The third-order valence-electron chi connectivity index (χ3n) is 2.03. The van der Waals surface area contributed by atoms with Crippen LogP contribution >= 0.6 is 11.6 Å². The maximum atomic E-state index is 11.1. The third-order valence-corrected chi connectivity index (χ3v) is 2.33. The molecule has 0 unspecified atom stereocenters. The quantitative estimate of drug-likeness (QED) is 0.745. The van der Waals surface area contributed by atoms with Crippen molar-refractivity contribution >= 4 is 17.6 Å². The smallest absolute Gasteiger partial charge is 0.309 e. The zero-order valence-electron chi connectivity index (χ0n) is 9.46. The van der Waals surface area contributed by atoms with Crippen molar-refractivity contribution in [3.8, 4) is 5.75 Å². The van der Waals surface area contributed by atoms with Gasteiger partial charge >= 0.3 is 5.97 Å². The van der Waals surface area contributed by atoms with Gasteiger partial charge in [0.2, 0.25) is 0 Å². The molecule has 0 atom stereocenters. The Labute approximate surface area is 100 Å². The summed E-state index contributed by atoms with van der Waals surface area (Å²) in [6, 6.07) is 5.31. The Morgan fingerprint density at radius 1 is 1.44 bits per heavy atom. The largest absolute Gasteiger partial charge is 0.492 e. The average Bonchev–Trinajstić information content (AvgIpc) is 2.28. The van der Waals surface area contributed by atoms with Gasteiger partial charge < -0.3 is 9.47 Å². The maximum Gasteiger partial charge on any atom is 0.309 e. The molecule has 0 saturated carbocycles. The lowest BCUT2D eigenvalue weighted by Crippen LogP contribution is -2.04. The normalized spacial score (nSPS) is 9.94. The molecular weight excluding hydrogens is 228 g/mol. The average molecular weight is 243 g/mol. The van der Waals surface area contributed by atoms with Crippen LogP contribution in [0.2, 0.25) is 5.02 Å². The number of rotatable bonds is 5. The number of methoxy groups -OCH3 is 1. The van der Waals surface area contributed by atoms with E-state index in [4.69, 9.17) is 16.3 Å². The highest BCUT2D eigenvalue weighted by Gasteiger charge is 2.06. The lowest BCUT2D eigenvalue weighted by Gasteiger charge is -2.08. The summed E-state index contributed by atoms with van der Waals surface area (Å²) in [6.45, 7) is 2.66. The molecule has 4 heteroatoms. The van der Waals surface area contributed by atoms with Gasteiger partial charge in [-0.3, -0.25) is 4.79 Å². The van der Waals surface area contributed by atoms with E-state index in [1.54, 1.807) is 12.1 Å². The van der Waals surface area contributed by atoms with Crippen LogP contribution in [0.3, 0.4) is 0 Å². The van der Waals surface area contributed by atoms with Gasteiger partial charge in [0.15, 0.2) is 0 Å². The summed E-state index contributed by atoms with van der Waals surface area (Å²) in [7, 11) is 1.36. The molecule has 0 aliphatic heterocycles. The Kier molecular flexibility index (Phi) is 5.12. The molecule has 0 saturated heterocycles. The van der Waals surface area contributed by atoms with Crippen LogP contribution in [0.5, 0.6) is 5.75 Å². The molecule has 88 valence electrons. The SMILES string of the molecule is CCCOc1ccc(CC(=O)OC)cc1Cl. The van der Waals surface area contributed by atoms with Gasteiger partial charge in [0.1, 0.15) is 5.75 Å². The van der Waals surface area contributed by atoms with E-state index in [-0.39, 0.29) is 12.4 Å². The summed E-state index contributed by atoms with van der Waals surface area (Å²) in [5.74, 6) is 0.371. The topological polar surface area (TPSA) is 35.5 Å². The van der Waals surface area contributed by atoms with Gasteiger partial charge in [-0.05, 0) is 24.1 Å². The number of carbonyl (C=O) groups excluding carboxylic acids is 1. The number of hydrogen-bond acceptors (Lipinski definition) is 3. The Bertz CT molecular complexity index is 363. The van der Waals surface area contributed by atoms with E-state index >= 15 is 0 Å². The van der Waals surface area contributed by atoms with Gasteiger partial charge in [-0.25, -0.2) is 0 Å². The molecule has 1 rings (SSSR count). The van der Waals surface area contributed by atoms with Gasteiger partial charge in [-0.2, -0.15) is 0 Å². The Morgan fingerprint density at radius 2 is 2.19 bits per heavy atom. The van der Waals surface area contributed by atoms with Gasteiger partial charge in [0, 0.05) is 0 Å². The summed E-state index contributed by atoms with van der Waals surface area (Å²) >= 11 is 6.01. The van der Waals surface area contributed by atoms with Crippen LogP contribution in [0.25, 0.3) is 0 Å². The van der Waals surface area contributed by atoms with E-state index in [9.17, 15) is 4.79 Å². The summed E-state index contributed by atoms with van der Waals surface area (Å²) in [4.78, 5) is 11.1. The molecule has 0 spiro atoms. The molecule has 0 aliphatic rings. The zero-order chi connectivity index (χ0) is 12.0. The second kappa shape index (κ2) is 6.38. The molecular formula is C12H15ClO3. The Morgan fingerprint density at radius 3 is 2.75 bits per heavy atom. The predicted octanol–water partition coefficient (Wildman–Crippen LogP) is 2.84. The summed E-state index contributed by atoms with van der Waals surface area (Å²) in [6.07, 6.45) is 1.16. The number of benzene rings is 1. The highest BCUT2D eigenvalue weighted by molar-refractivity contribution is 6.32. The van der Waals surface area contributed by atoms with Crippen molar-refractivity contribution in [2.24, 2.45) is 0 Å². The van der Waals surface area contributed by atoms with E-state index < -0.39 is 0 Å². The molecule has 3 nitrogen and oxygen atoms in total. The van der Waals surface area contributed by atoms with Crippen LogP contribution in [0.15, 0.2) is 18.2 Å². The van der Waals surface area contributed by atoms with Crippen molar-refractivity contribution in [1.29, 1.82) is 0 Å². The first kappa shape index (κ1) is 12.8. The van der Waals surface area contributed by atoms with Crippen molar-refractivity contribution in [3.63, 3.8) is 0 Å². The number of halogens is 1. The second-order valence-corrected chi connectivity index (χ2v) is 3.77. The number of carbonyl (C=O) groups is 1. The minimum atomic E-state index is -0.279. The predicted molar refractivity (Wildman–Crippen MR) is 63.0 cm³/mol. The van der Waals surface area contributed by atoms with Crippen molar-refractivity contribution < 1.29 is 14.3 Å². The number of hydrogen-bond donors (Lipinski definition) is 0. The fraction of sp³-hybridized carbons (Fsp3) is 0.417. The molecule has 0 bridgehead atoms. The minimum absolute atomic E-state index is 0.226. The first-order valence-corrected chi connectivity index (χ1v) is 5.53. The monoisotopic (exact) mass is 242 g/mol. The fourth-order valence-corrected chi connectivity index (χ4v) is 1.48. The molecule has 1 aromatic carbocycles. The molecule has 1 aromatic rings. The highest BCUT2D eigenvalue weighted by atomic mass is 35.5. The maximum absolute atomic E-state index is 11.1. The van der Waals surface area contributed by atoms with E-state index in [1.165, 1.54) is 7.11 Å². The van der Waals surface area contributed by atoms with E-state index in [0.29, 0.717) is 17.4 Å². The molecule has 16 heavy (non-hydrogen) atoms. The molecule has 0 aliphatic carbocycles. The van der Waals surface area contributed by atoms with Crippen LogP contribution < -0.4 is 4.74 Å². The van der Waals surface area contributed by atoms with Crippen LogP contribution in [0.1, 0.15) is 18.9 Å². The van der Waals surface area contributed by atoms with Crippen molar-refractivity contribution in [3.05, 3.63) is 28.8 Å². The Hall–Kier alpha value is -1.22. The first-order valence-electron chi connectivity index (χ1n) is 5.15. The molecule has 0 aromatic heterocycles. The molecule has 0 radical (unpaired) electrons. The lowest BCUT2D eigenvalue weighted by molar-refractivity contribution is -0.139. The van der Waals surface area contributed by atoms with Crippen LogP contribution in [-0.4, -0.2) is 19.7 Å². The Balaban J connectivity index is 2.70. The number of ether oxygens (including phenoxy) is 2. The minimum Gasteiger partial charge on any atom is -0.492 e. The van der Waals surface area contributed by atoms with Crippen LogP contribution in [0, 0.1) is 0 Å². The van der Waals surface area contributed by atoms with Gasteiger partial charge in [-0.15, -0.1) is 0 Å². The molecule has 0 amide bonds. The summed E-state index contributed by atoms with van der Waals surface area (Å²) in [5.41, 5.74) is 0.820. The molecule has 0 fully saturated rings. The fourth-order valence-electron chi connectivity index (χ4n) is 1.22. The van der Waals surface area contributed by atoms with Gasteiger partial charge in [-0.1, -0.05) is 24.6 Å². The van der Waals surface area contributed by atoms with Crippen LogP contribution in [-0.2, 0) is 16.0 Å². The number of esters is 1. The van der Waals surface area contributed by atoms with Crippen LogP contribution in [0.4, 0.5) is 0 Å². The summed E-state index contributed by atoms with van der Waals surface area (Å²) in [5, 5.41) is 0.523. The van der Waals surface area contributed by atoms with E-state index in [2.05, 4.69) is 4.74 Å². The molecule has 0 N–H and O–H groups in total. The zero-order valence-corrected chi connectivity index (χ0v) is 10.2. The van der Waals surface area contributed by atoms with E-state index in [1.807, 2.05) is 13.0 Å². The first-order chi connectivity index (χ1) is 7.67. The standard InChI is InChI=1S/C12H15ClO3/c1-3-6-16-11-5-4-9(7-10(11)13)8-12(14)15-2/h4-5,7H,3,6,8H2,1-2H3. The third kappa shape index (κ3) is 3.74. The van der Waals surface area contributed by atoms with Crippen molar-refractivity contribution in [1.82, 2.24) is 0 Å². The van der Waals surface area contributed by atoms with E-state index in [0.717, 1.165) is 12.0 Å². The highest BCUT2D eigenvalue weighted by Crippen LogP contribution is 2.25.